The summed E-state index contributed by atoms with van der Waals surface area (Å²) in [5.41, 5.74) is 1.19. The van der Waals surface area contributed by atoms with Gasteiger partial charge in [-0.05, 0) is 98.8 Å². The molecule has 4 aromatic rings. The zero-order chi connectivity index (χ0) is 31.0. The number of nitrogens with zero attached hydrogens (tertiary/aromatic N) is 4. The molecule has 12 nitrogen and oxygen atoms in total. The molecule has 0 aromatic heterocycles. The van der Waals surface area contributed by atoms with Gasteiger partial charge in [0.15, 0.2) is 0 Å². The first kappa shape index (κ1) is 35.3. The third kappa shape index (κ3) is 9.93. The fraction of sp³-hybridized carbons (Fsp3) is 0.143. The summed E-state index contributed by atoms with van der Waals surface area (Å²) in [6, 6.07) is 21.3. The molecule has 0 saturated carbocycles. The van der Waals surface area contributed by atoms with Gasteiger partial charge in [-0.25, -0.2) is 0 Å². The van der Waals surface area contributed by atoms with Crippen molar-refractivity contribution >= 4 is 84.3 Å². The quantitative estimate of drug-likeness (QED) is 0.0877. The predicted octanol–water partition coefficient (Wildman–Crippen LogP) is 7.58. The summed E-state index contributed by atoms with van der Waals surface area (Å²) in [6.07, 6.45) is 0. The van der Waals surface area contributed by atoms with Crippen molar-refractivity contribution in [1.82, 2.24) is 0 Å². The Bertz CT molecular complexity index is 1730. The maximum atomic E-state index is 12.2. The molecule has 0 atom stereocenters. The first-order chi connectivity index (χ1) is 20.5. The molecule has 16 heteroatoms. The smallest absolute Gasteiger partial charge is 0.295 e. The van der Waals surface area contributed by atoms with Crippen LogP contribution in [0, 0.1) is 0 Å². The van der Waals surface area contributed by atoms with Gasteiger partial charge in [-0.15, -0.1) is 0 Å². The normalized spacial score (nSPS) is 11.9. The molecular weight excluding hydrogens is 640 g/mol. The molecule has 0 aliphatic rings. The Morgan fingerprint density at radius 2 is 0.886 bits per heavy atom. The Balaban J connectivity index is 0.00000529. The van der Waals surface area contributed by atoms with Crippen LogP contribution in [0.5, 0.6) is 11.5 Å². The van der Waals surface area contributed by atoms with Crippen molar-refractivity contribution in [2.24, 2.45) is 20.5 Å². The Kier molecular flexibility index (Phi) is 12.6. The maximum absolute atomic E-state index is 12.2. The first-order valence-electron chi connectivity index (χ1n) is 12.7. The SMILES string of the molecule is CCOc1ccc(N=Nc2ccc(Sc3ccc(N=Nc4ccc(OCC)cc4)cc3S(=O)(=O)O)c(S(=O)(=O)O)c2)cc1.[Na]. The number of hydrogen-bond acceptors (Lipinski definition) is 11. The van der Waals surface area contributed by atoms with Gasteiger partial charge in [-0.1, -0.05) is 11.8 Å². The number of hydrogen-bond donors (Lipinski definition) is 2. The fourth-order valence-corrected chi connectivity index (χ4v) is 6.48. The Labute approximate surface area is 281 Å². The zero-order valence-corrected chi connectivity index (χ0v) is 28.3. The van der Waals surface area contributed by atoms with E-state index in [1.54, 1.807) is 48.5 Å². The van der Waals surface area contributed by atoms with Crippen LogP contribution < -0.4 is 9.47 Å². The van der Waals surface area contributed by atoms with Crippen molar-refractivity contribution < 1.29 is 35.4 Å². The van der Waals surface area contributed by atoms with E-state index in [-0.39, 0.29) is 50.7 Å². The average Bonchev–Trinajstić information content (AvgIpc) is 2.97. The van der Waals surface area contributed by atoms with Gasteiger partial charge in [0.05, 0.1) is 36.0 Å². The first-order valence-corrected chi connectivity index (χ1v) is 16.4. The molecule has 0 fully saturated rings. The van der Waals surface area contributed by atoms with Gasteiger partial charge in [-0.2, -0.15) is 37.3 Å². The number of azo groups is 2. The van der Waals surface area contributed by atoms with Gasteiger partial charge in [0.2, 0.25) is 0 Å². The maximum Gasteiger partial charge on any atom is 0.295 e. The van der Waals surface area contributed by atoms with Gasteiger partial charge < -0.3 is 9.47 Å². The standard InChI is InChI=1S/C28H26N4O8S3.Na/c1-3-39-23-11-5-19(6-12-23)29-31-21-9-15-25(27(17-21)42(33,34)35)41-26-16-10-22(18-28(26)43(36,37)38)32-30-20-7-13-24(14-8-20)40-4-2;/h5-18H,3-4H2,1-2H3,(H,33,34,35)(H,36,37,38);. The molecule has 4 rings (SSSR count). The van der Waals surface area contributed by atoms with E-state index in [9.17, 15) is 25.9 Å². The summed E-state index contributed by atoms with van der Waals surface area (Å²) in [7, 11) is -9.53. The van der Waals surface area contributed by atoms with Crippen LogP contribution >= 0.6 is 11.8 Å². The van der Waals surface area contributed by atoms with Crippen LogP contribution in [-0.2, 0) is 20.2 Å². The summed E-state index contributed by atoms with van der Waals surface area (Å²) in [5.74, 6) is 1.31. The average molecular weight is 666 g/mol. The summed E-state index contributed by atoms with van der Waals surface area (Å²) in [6.45, 7) is 4.74. The topological polar surface area (TPSA) is 177 Å². The second-order valence-electron chi connectivity index (χ2n) is 8.57. The summed E-state index contributed by atoms with van der Waals surface area (Å²) >= 11 is 0.703. The monoisotopic (exact) mass is 665 g/mol. The second-order valence-corrected chi connectivity index (χ2v) is 12.4. The van der Waals surface area contributed by atoms with E-state index >= 15 is 0 Å². The van der Waals surface area contributed by atoms with Crippen molar-refractivity contribution in [1.29, 1.82) is 0 Å². The van der Waals surface area contributed by atoms with Crippen molar-refractivity contribution in [3.63, 3.8) is 0 Å². The van der Waals surface area contributed by atoms with Crippen molar-refractivity contribution in [3.05, 3.63) is 84.9 Å². The summed E-state index contributed by atoms with van der Waals surface area (Å²) in [4.78, 5) is -1.09. The van der Waals surface area contributed by atoms with Crippen LogP contribution in [0.25, 0.3) is 0 Å². The molecule has 0 amide bonds. The minimum atomic E-state index is -4.77. The van der Waals surface area contributed by atoms with Crippen LogP contribution in [0.1, 0.15) is 13.8 Å². The number of benzene rings is 4. The van der Waals surface area contributed by atoms with Gasteiger partial charge >= 0.3 is 0 Å². The van der Waals surface area contributed by atoms with Crippen LogP contribution in [0.3, 0.4) is 0 Å². The van der Waals surface area contributed by atoms with Gasteiger partial charge in [0, 0.05) is 39.3 Å². The molecule has 0 aliphatic heterocycles. The molecule has 225 valence electrons. The molecule has 0 saturated heterocycles. The van der Waals surface area contributed by atoms with Gasteiger partial charge in [0.25, 0.3) is 20.2 Å². The second kappa shape index (κ2) is 15.7. The minimum Gasteiger partial charge on any atom is -0.494 e. The number of rotatable bonds is 12. The fourth-order valence-electron chi connectivity index (χ4n) is 3.59. The molecule has 44 heavy (non-hydrogen) atoms. The Hall–Kier alpha value is -3.15. The largest absolute Gasteiger partial charge is 0.494 e. The molecule has 1 radical (unpaired) electrons. The van der Waals surface area contributed by atoms with E-state index in [1.807, 2.05) is 13.8 Å². The Morgan fingerprint density at radius 1 is 0.568 bits per heavy atom. The van der Waals surface area contributed by atoms with Gasteiger partial charge in [0.1, 0.15) is 21.3 Å². The molecule has 0 spiro atoms. The molecule has 2 N–H and O–H groups in total. The minimum absolute atomic E-state index is 0. The zero-order valence-electron chi connectivity index (χ0n) is 23.9. The third-order valence-electron chi connectivity index (χ3n) is 5.49. The van der Waals surface area contributed by atoms with Crippen molar-refractivity contribution in [2.45, 2.75) is 33.4 Å². The molecule has 4 aromatic carbocycles. The molecule has 0 unspecified atom stereocenters. The van der Waals surface area contributed by atoms with E-state index in [1.165, 1.54) is 24.3 Å². The van der Waals surface area contributed by atoms with Crippen molar-refractivity contribution in [3.8, 4) is 11.5 Å². The molecular formula is C28H26N4NaO8S3. The van der Waals surface area contributed by atoms with Crippen molar-refractivity contribution in [2.75, 3.05) is 13.2 Å². The summed E-state index contributed by atoms with van der Waals surface area (Å²) < 4.78 is 79.5. The van der Waals surface area contributed by atoms with Crippen LogP contribution in [-0.4, -0.2) is 68.7 Å². The Morgan fingerprint density at radius 3 is 1.20 bits per heavy atom. The van der Waals surface area contributed by atoms with Crippen LogP contribution in [0.15, 0.2) is 125 Å². The predicted molar refractivity (Wildman–Crippen MR) is 166 cm³/mol. The summed E-state index contributed by atoms with van der Waals surface area (Å²) in [5, 5.41) is 16.2. The van der Waals surface area contributed by atoms with Crippen LogP contribution in [0.4, 0.5) is 22.7 Å². The van der Waals surface area contributed by atoms with Crippen LogP contribution in [0.2, 0.25) is 0 Å². The van der Waals surface area contributed by atoms with E-state index < -0.39 is 30.0 Å². The third-order valence-corrected chi connectivity index (χ3v) is 8.69. The molecule has 0 bridgehead atoms. The number of ether oxygens (including phenoxy) is 2. The van der Waals surface area contributed by atoms with E-state index in [2.05, 4.69) is 20.5 Å². The van der Waals surface area contributed by atoms with E-state index in [0.717, 1.165) is 12.1 Å². The van der Waals surface area contributed by atoms with E-state index in [0.29, 0.717) is 47.8 Å². The molecule has 0 heterocycles. The van der Waals surface area contributed by atoms with Gasteiger partial charge in [-0.3, -0.25) is 9.11 Å². The molecule has 0 aliphatic carbocycles. The van der Waals surface area contributed by atoms with E-state index in [4.69, 9.17) is 9.47 Å².